The Morgan fingerprint density at radius 3 is 2.37 bits per heavy atom. The van der Waals surface area contributed by atoms with Crippen LogP contribution >= 0.6 is 35.9 Å². The van der Waals surface area contributed by atoms with Crippen molar-refractivity contribution < 1.29 is 18.6 Å². The van der Waals surface area contributed by atoms with Gasteiger partial charge < -0.3 is 9.79 Å². The van der Waals surface area contributed by atoms with Crippen LogP contribution in [0.5, 0.6) is 0 Å². The lowest BCUT2D eigenvalue weighted by molar-refractivity contribution is 0.0708. The Morgan fingerprint density at radius 2 is 1.79 bits per heavy atom. The number of hydrogen-bond donors (Lipinski definition) is 3. The summed E-state index contributed by atoms with van der Waals surface area (Å²) in [6.45, 7) is 0. The van der Waals surface area contributed by atoms with Crippen molar-refractivity contribution in [1.82, 2.24) is 0 Å². The van der Waals surface area contributed by atoms with Gasteiger partial charge in [0.05, 0.1) is 0 Å². The molecule has 19 heavy (non-hydrogen) atoms. The molecule has 2 aromatic rings. The number of halogens is 3. The van der Waals surface area contributed by atoms with Crippen LogP contribution in [0.2, 0.25) is 0 Å². The fourth-order valence-electron chi connectivity index (χ4n) is 1.68. The predicted molar refractivity (Wildman–Crippen MR) is 81.3 cm³/mol. The quantitative estimate of drug-likeness (QED) is 0.550. The van der Waals surface area contributed by atoms with Crippen LogP contribution in [0.3, 0.4) is 0 Å². The Kier molecular flexibility index (Phi) is 3.84. The molecule has 0 fully saturated rings. The summed E-state index contributed by atoms with van der Waals surface area (Å²) in [6.07, 6.45) is 2.79. The maximum atomic E-state index is 14.0. The lowest BCUT2D eigenvalue weighted by atomic mass is 10.1. The fourth-order valence-corrected chi connectivity index (χ4v) is 3.23. The van der Waals surface area contributed by atoms with Crippen LogP contribution in [0.1, 0.15) is 5.56 Å². The minimum atomic E-state index is -4.58. The first-order valence-electron chi connectivity index (χ1n) is 5.12. The first-order valence-corrected chi connectivity index (χ1v) is 8.24. The number of fused-ring (bicyclic) bond motifs is 1. The molecule has 0 saturated carbocycles. The summed E-state index contributed by atoms with van der Waals surface area (Å²) in [6, 6.07) is 7.76. The molecule has 2 aromatic carbocycles. The van der Waals surface area contributed by atoms with Crippen LogP contribution < -0.4 is 0 Å². The van der Waals surface area contributed by atoms with Crippen LogP contribution in [0.15, 0.2) is 39.7 Å². The molecule has 7 heteroatoms. The van der Waals surface area contributed by atoms with Gasteiger partial charge in [0, 0.05) is 14.9 Å². The Bertz CT molecular complexity index is 699. The molecule has 0 unspecified atom stereocenters. The molecule has 2 N–H and O–H groups in total. The van der Waals surface area contributed by atoms with Crippen molar-refractivity contribution in [2.45, 2.75) is 10.6 Å². The predicted octanol–water partition coefficient (Wildman–Crippen LogP) is 4.20. The van der Waals surface area contributed by atoms with Gasteiger partial charge in [-0.2, -0.15) is 8.78 Å². The first kappa shape index (κ1) is 15.0. The minimum Gasteiger partial charge on any atom is -0.349 e. The molecule has 0 aliphatic heterocycles. The Morgan fingerprint density at radius 1 is 1.16 bits per heavy atom. The SMILES string of the molecule is C=P(O)(O)C(F)(F)c1cc2ccc(S)cc2cc1Br. The third kappa shape index (κ3) is 2.73. The highest BCUT2D eigenvalue weighted by Gasteiger charge is 2.45. The molecule has 0 aliphatic rings. The molecular formula is C12H10BrF2O2PS. The fraction of sp³-hybridized carbons (Fsp3) is 0.0833. The summed E-state index contributed by atoms with van der Waals surface area (Å²) in [5.41, 5.74) is -4.28. The molecule has 0 heterocycles. The lowest BCUT2D eigenvalue weighted by Crippen LogP contribution is -2.14. The van der Waals surface area contributed by atoms with Crippen LogP contribution in [0, 0.1) is 0 Å². The van der Waals surface area contributed by atoms with Gasteiger partial charge in [0.2, 0.25) is 0 Å². The summed E-state index contributed by atoms with van der Waals surface area (Å²) in [4.78, 5) is 19.1. The van der Waals surface area contributed by atoms with Crippen molar-refractivity contribution in [2.75, 3.05) is 0 Å². The van der Waals surface area contributed by atoms with Crippen molar-refractivity contribution >= 4 is 53.0 Å². The van der Waals surface area contributed by atoms with Crippen molar-refractivity contribution in [1.29, 1.82) is 0 Å². The van der Waals surface area contributed by atoms with Crippen molar-refractivity contribution in [3.8, 4) is 0 Å². The zero-order valence-corrected chi connectivity index (χ0v) is 12.9. The molecule has 0 atom stereocenters. The van der Waals surface area contributed by atoms with Gasteiger partial charge in [-0.3, -0.25) is 0 Å². The van der Waals surface area contributed by atoms with Crippen LogP contribution in [-0.4, -0.2) is 16.1 Å². The lowest BCUT2D eigenvalue weighted by Gasteiger charge is -2.24. The summed E-state index contributed by atoms with van der Waals surface area (Å²) >= 11 is 7.21. The van der Waals surface area contributed by atoms with E-state index in [1.165, 1.54) is 12.1 Å². The van der Waals surface area contributed by atoms with Gasteiger partial charge in [-0.1, -0.05) is 22.0 Å². The van der Waals surface area contributed by atoms with Gasteiger partial charge in [0.25, 0.3) is 0 Å². The monoisotopic (exact) mass is 366 g/mol. The average molecular weight is 367 g/mol. The zero-order valence-electron chi connectivity index (χ0n) is 9.52. The summed E-state index contributed by atoms with van der Waals surface area (Å²) in [5, 5.41) is 1.28. The maximum Gasteiger partial charge on any atom is 0.335 e. The summed E-state index contributed by atoms with van der Waals surface area (Å²) in [5.74, 6) is 0. The highest BCUT2D eigenvalue weighted by molar-refractivity contribution is 9.10. The Labute approximate surface area is 122 Å². The number of rotatable bonds is 2. The van der Waals surface area contributed by atoms with E-state index in [-0.39, 0.29) is 4.47 Å². The van der Waals surface area contributed by atoms with Gasteiger partial charge in [0.15, 0.2) is 7.34 Å². The molecule has 0 amide bonds. The van der Waals surface area contributed by atoms with Gasteiger partial charge in [-0.05, 0) is 41.3 Å². The van der Waals surface area contributed by atoms with Gasteiger partial charge in [0.1, 0.15) is 0 Å². The summed E-state index contributed by atoms with van der Waals surface area (Å²) < 4.78 is 28.0. The largest absolute Gasteiger partial charge is 0.349 e. The topological polar surface area (TPSA) is 40.5 Å². The maximum absolute atomic E-state index is 14.0. The van der Waals surface area contributed by atoms with E-state index in [0.717, 1.165) is 5.39 Å². The number of hydrogen-bond acceptors (Lipinski definition) is 3. The Hall–Kier alpha value is -0.390. The smallest absolute Gasteiger partial charge is 0.335 e. The standard InChI is InChI=1S/C12H10BrF2O2PS/c1-18(16,17)12(14,15)10-5-7-2-3-9(19)4-8(7)6-11(10)13/h2-6,16-17,19H,1H2. The molecule has 0 saturated heterocycles. The highest BCUT2D eigenvalue weighted by Crippen LogP contribution is 2.60. The van der Waals surface area contributed by atoms with E-state index >= 15 is 0 Å². The van der Waals surface area contributed by atoms with Crippen molar-refractivity contribution in [3.05, 3.63) is 40.4 Å². The second kappa shape index (κ2) is 4.86. The third-order valence-corrected chi connectivity index (χ3v) is 4.76. The van der Waals surface area contributed by atoms with Crippen LogP contribution in [0.4, 0.5) is 8.78 Å². The van der Waals surface area contributed by atoms with E-state index in [1.54, 1.807) is 18.2 Å². The normalized spacial score (nSPS) is 12.9. The average Bonchev–Trinajstić information content (AvgIpc) is 2.26. The molecule has 0 aliphatic carbocycles. The second-order valence-corrected chi connectivity index (χ2v) is 7.53. The molecule has 0 spiro atoms. The molecular weight excluding hydrogens is 357 g/mol. The molecule has 0 radical (unpaired) electrons. The number of alkyl halides is 2. The van der Waals surface area contributed by atoms with Crippen LogP contribution in [0.25, 0.3) is 10.8 Å². The van der Waals surface area contributed by atoms with Gasteiger partial charge >= 0.3 is 5.66 Å². The minimum absolute atomic E-state index is 0.0973. The third-order valence-electron chi connectivity index (χ3n) is 2.68. The molecule has 2 nitrogen and oxygen atoms in total. The zero-order chi connectivity index (χ0) is 14.4. The highest BCUT2D eigenvalue weighted by atomic mass is 79.9. The van der Waals surface area contributed by atoms with E-state index < -0.39 is 18.6 Å². The van der Waals surface area contributed by atoms with Gasteiger partial charge in [-0.25, -0.2) is 0 Å². The second-order valence-electron chi connectivity index (χ2n) is 4.14. The van der Waals surface area contributed by atoms with Crippen molar-refractivity contribution in [2.24, 2.45) is 0 Å². The van der Waals surface area contributed by atoms with E-state index in [1.807, 2.05) is 0 Å². The molecule has 102 valence electrons. The van der Waals surface area contributed by atoms with E-state index in [0.29, 0.717) is 10.3 Å². The molecule has 0 bridgehead atoms. The van der Waals surface area contributed by atoms with E-state index in [2.05, 4.69) is 34.9 Å². The Balaban J connectivity index is 2.72. The number of benzene rings is 2. The molecule has 2 rings (SSSR count). The van der Waals surface area contributed by atoms with Crippen LogP contribution in [-0.2, 0) is 5.66 Å². The molecule has 0 aromatic heterocycles. The number of thiol groups is 1. The van der Waals surface area contributed by atoms with Gasteiger partial charge in [-0.15, -0.1) is 12.6 Å². The van der Waals surface area contributed by atoms with Crippen molar-refractivity contribution in [3.63, 3.8) is 0 Å². The first-order chi connectivity index (χ1) is 8.63. The summed E-state index contributed by atoms with van der Waals surface area (Å²) in [7, 11) is -4.58. The van der Waals surface area contributed by atoms with E-state index in [4.69, 9.17) is 0 Å². The van der Waals surface area contributed by atoms with E-state index in [9.17, 15) is 18.6 Å².